The van der Waals surface area contributed by atoms with E-state index in [4.69, 9.17) is 0 Å². The molecule has 122 valence electrons. The minimum Gasteiger partial charge on any atom is -0.352 e. The zero-order valence-electron chi connectivity index (χ0n) is 13.1. The number of hydrogen-bond acceptors (Lipinski definition) is 4. The molecule has 0 atom stereocenters. The smallest absolute Gasteiger partial charge is 0.251 e. The van der Waals surface area contributed by atoms with Gasteiger partial charge in [0.25, 0.3) is 5.91 Å². The molecule has 1 fully saturated rings. The van der Waals surface area contributed by atoms with E-state index >= 15 is 0 Å². The van der Waals surface area contributed by atoms with Crippen LogP contribution >= 0.6 is 0 Å². The number of benzene rings is 1. The van der Waals surface area contributed by atoms with E-state index < -0.39 is 15.6 Å². The van der Waals surface area contributed by atoms with E-state index in [-0.39, 0.29) is 10.8 Å². The molecule has 0 bridgehead atoms. The molecule has 1 saturated heterocycles. The molecule has 0 aliphatic carbocycles. The predicted molar refractivity (Wildman–Crippen MR) is 85.2 cm³/mol. The maximum absolute atomic E-state index is 12.2. The standard InChI is InChI=1S/C15H23N3O3S/c1-15(2,3)18-22(20,21)13-6-4-12(5-7-13)14(19)17-10-11-8-16-9-11/h4-7,11,16,18H,8-10H2,1-3H3,(H,17,19). The lowest BCUT2D eigenvalue weighted by Crippen LogP contribution is -2.48. The molecule has 6 nitrogen and oxygen atoms in total. The van der Waals surface area contributed by atoms with Crippen LogP contribution in [0.1, 0.15) is 31.1 Å². The summed E-state index contributed by atoms with van der Waals surface area (Å²) in [6.45, 7) is 7.83. The van der Waals surface area contributed by atoms with Crippen molar-refractivity contribution in [3.8, 4) is 0 Å². The Bertz CT molecular complexity index is 629. The van der Waals surface area contributed by atoms with Crippen LogP contribution in [-0.2, 0) is 10.0 Å². The van der Waals surface area contributed by atoms with Crippen LogP contribution in [0.25, 0.3) is 0 Å². The lowest BCUT2D eigenvalue weighted by molar-refractivity contribution is 0.0942. The zero-order valence-corrected chi connectivity index (χ0v) is 14.0. The summed E-state index contributed by atoms with van der Waals surface area (Å²) >= 11 is 0. The van der Waals surface area contributed by atoms with Crippen molar-refractivity contribution in [2.75, 3.05) is 19.6 Å². The second-order valence-electron chi connectivity index (χ2n) is 6.61. The normalized spacial score (nSPS) is 16.1. The molecule has 0 aromatic heterocycles. The van der Waals surface area contributed by atoms with Gasteiger partial charge in [-0.25, -0.2) is 13.1 Å². The van der Waals surface area contributed by atoms with Gasteiger partial charge in [-0.05, 0) is 45.0 Å². The zero-order chi connectivity index (χ0) is 16.4. The monoisotopic (exact) mass is 325 g/mol. The molecule has 1 aliphatic rings. The fraction of sp³-hybridized carbons (Fsp3) is 0.533. The van der Waals surface area contributed by atoms with Crippen molar-refractivity contribution >= 4 is 15.9 Å². The molecule has 0 radical (unpaired) electrons. The van der Waals surface area contributed by atoms with Crippen LogP contribution in [-0.4, -0.2) is 39.5 Å². The summed E-state index contributed by atoms with van der Waals surface area (Å²) in [4.78, 5) is 12.1. The summed E-state index contributed by atoms with van der Waals surface area (Å²) in [7, 11) is -3.57. The summed E-state index contributed by atoms with van der Waals surface area (Å²) in [6.07, 6.45) is 0. The van der Waals surface area contributed by atoms with Crippen molar-refractivity contribution in [3.63, 3.8) is 0 Å². The average molecular weight is 325 g/mol. The molecular weight excluding hydrogens is 302 g/mol. The maximum Gasteiger partial charge on any atom is 0.251 e. The number of carbonyl (C=O) groups is 1. The Morgan fingerprint density at radius 2 is 1.82 bits per heavy atom. The van der Waals surface area contributed by atoms with Crippen LogP contribution in [0.3, 0.4) is 0 Å². The molecule has 0 unspecified atom stereocenters. The number of hydrogen-bond donors (Lipinski definition) is 3. The van der Waals surface area contributed by atoms with Crippen LogP contribution in [0.4, 0.5) is 0 Å². The van der Waals surface area contributed by atoms with Gasteiger partial charge in [0, 0.05) is 36.7 Å². The summed E-state index contributed by atoms with van der Waals surface area (Å²) in [5.41, 5.74) is -0.0897. The Morgan fingerprint density at radius 3 is 2.27 bits per heavy atom. The highest BCUT2D eigenvalue weighted by Crippen LogP contribution is 2.14. The Kier molecular flexibility index (Phi) is 4.89. The molecule has 1 heterocycles. The van der Waals surface area contributed by atoms with Crippen LogP contribution in [0.15, 0.2) is 29.2 Å². The van der Waals surface area contributed by atoms with Gasteiger partial charge in [-0.1, -0.05) is 0 Å². The fourth-order valence-corrected chi connectivity index (χ4v) is 3.50. The molecule has 1 amide bonds. The Morgan fingerprint density at radius 1 is 1.23 bits per heavy atom. The molecule has 3 N–H and O–H groups in total. The number of nitrogens with one attached hydrogen (secondary N) is 3. The first-order chi connectivity index (χ1) is 10.2. The van der Waals surface area contributed by atoms with E-state index in [0.717, 1.165) is 13.1 Å². The van der Waals surface area contributed by atoms with Crippen LogP contribution in [0, 0.1) is 5.92 Å². The minimum atomic E-state index is -3.57. The largest absolute Gasteiger partial charge is 0.352 e. The molecule has 2 rings (SSSR count). The predicted octanol–water partition coefficient (Wildman–Crippen LogP) is 0.713. The van der Waals surface area contributed by atoms with Crippen molar-refractivity contribution < 1.29 is 13.2 Å². The second-order valence-corrected chi connectivity index (χ2v) is 8.30. The maximum atomic E-state index is 12.2. The number of carbonyl (C=O) groups excluding carboxylic acids is 1. The molecule has 0 spiro atoms. The third-order valence-electron chi connectivity index (χ3n) is 3.28. The van der Waals surface area contributed by atoms with E-state index in [1.807, 2.05) is 0 Å². The van der Waals surface area contributed by atoms with E-state index in [2.05, 4.69) is 15.4 Å². The SMILES string of the molecule is CC(C)(C)NS(=O)(=O)c1ccc(C(=O)NCC2CNC2)cc1. The molecule has 22 heavy (non-hydrogen) atoms. The topological polar surface area (TPSA) is 87.3 Å². The van der Waals surface area contributed by atoms with E-state index in [9.17, 15) is 13.2 Å². The van der Waals surface area contributed by atoms with Crippen molar-refractivity contribution in [3.05, 3.63) is 29.8 Å². The fourth-order valence-electron chi connectivity index (χ4n) is 2.08. The highest BCUT2D eigenvalue weighted by atomic mass is 32.2. The third-order valence-corrected chi connectivity index (χ3v) is 5.06. The van der Waals surface area contributed by atoms with Gasteiger partial charge in [-0.15, -0.1) is 0 Å². The first kappa shape index (κ1) is 16.9. The summed E-state index contributed by atoms with van der Waals surface area (Å²) in [5, 5.41) is 6.00. The van der Waals surface area contributed by atoms with Gasteiger partial charge in [0.15, 0.2) is 0 Å². The van der Waals surface area contributed by atoms with Gasteiger partial charge >= 0.3 is 0 Å². The molecule has 1 aromatic rings. The summed E-state index contributed by atoms with van der Waals surface area (Å²) < 4.78 is 26.9. The number of sulfonamides is 1. The Balaban J connectivity index is 2.01. The highest BCUT2D eigenvalue weighted by Gasteiger charge is 2.22. The highest BCUT2D eigenvalue weighted by molar-refractivity contribution is 7.89. The second kappa shape index (κ2) is 6.36. The molecule has 1 aromatic carbocycles. The van der Waals surface area contributed by atoms with Crippen LogP contribution < -0.4 is 15.4 Å². The summed E-state index contributed by atoms with van der Waals surface area (Å²) in [5.74, 6) is 0.305. The Hall–Kier alpha value is -1.44. The first-order valence-electron chi connectivity index (χ1n) is 7.30. The van der Waals surface area contributed by atoms with Crippen molar-refractivity contribution in [2.24, 2.45) is 5.92 Å². The van der Waals surface area contributed by atoms with E-state index in [1.165, 1.54) is 24.3 Å². The molecule has 1 aliphatic heterocycles. The summed E-state index contributed by atoms with van der Waals surface area (Å²) in [6, 6.07) is 5.97. The lowest BCUT2D eigenvalue weighted by atomic mass is 10.0. The average Bonchev–Trinajstić information content (AvgIpc) is 2.34. The minimum absolute atomic E-state index is 0.155. The van der Waals surface area contributed by atoms with Gasteiger partial charge in [0.1, 0.15) is 0 Å². The van der Waals surface area contributed by atoms with Crippen molar-refractivity contribution in [1.29, 1.82) is 0 Å². The van der Waals surface area contributed by atoms with Crippen molar-refractivity contribution in [1.82, 2.24) is 15.4 Å². The Labute approximate surface area is 131 Å². The van der Waals surface area contributed by atoms with E-state index in [1.54, 1.807) is 20.8 Å². The third kappa shape index (κ3) is 4.53. The van der Waals surface area contributed by atoms with Gasteiger partial charge in [-0.2, -0.15) is 0 Å². The molecule has 0 saturated carbocycles. The van der Waals surface area contributed by atoms with Crippen LogP contribution in [0.5, 0.6) is 0 Å². The first-order valence-corrected chi connectivity index (χ1v) is 8.79. The molecule has 7 heteroatoms. The van der Waals surface area contributed by atoms with Gasteiger partial charge in [0.2, 0.25) is 10.0 Å². The van der Waals surface area contributed by atoms with Crippen molar-refractivity contribution in [2.45, 2.75) is 31.2 Å². The number of rotatable bonds is 5. The van der Waals surface area contributed by atoms with E-state index in [0.29, 0.717) is 18.0 Å². The van der Waals surface area contributed by atoms with Gasteiger partial charge in [0.05, 0.1) is 4.90 Å². The van der Waals surface area contributed by atoms with Gasteiger partial charge in [-0.3, -0.25) is 4.79 Å². The quantitative estimate of drug-likeness (QED) is 0.744. The van der Waals surface area contributed by atoms with Crippen LogP contribution in [0.2, 0.25) is 0 Å². The molecular formula is C15H23N3O3S. The number of amides is 1. The van der Waals surface area contributed by atoms with Gasteiger partial charge < -0.3 is 10.6 Å². The lowest BCUT2D eigenvalue weighted by Gasteiger charge is -2.27.